The highest BCUT2D eigenvalue weighted by molar-refractivity contribution is 9.11. The fraction of sp³-hybridized carbons (Fsp3) is 0.474. The predicted octanol–water partition coefficient (Wildman–Crippen LogP) is 5.03. The van der Waals surface area contributed by atoms with E-state index in [0.717, 1.165) is 25.6 Å². The molecule has 4 heteroatoms. The number of rotatable bonds is 6. The lowest BCUT2D eigenvalue weighted by Gasteiger charge is -2.30. The van der Waals surface area contributed by atoms with E-state index in [1.54, 1.807) is 11.3 Å². The van der Waals surface area contributed by atoms with Crippen LogP contribution in [0.4, 0.5) is 0 Å². The second-order valence-corrected chi connectivity index (χ2v) is 8.93. The SMILES string of the molecule is CC1CCN(Cc2ccc(CNCc3csc(Br)c3)cc2)CC1. The fourth-order valence-corrected chi connectivity index (χ4v) is 4.24. The summed E-state index contributed by atoms with van der Waals surface area (Å²) < 4.78 is 1.20. The summed E-state index contributed by atoms with van der Waals surface area (Å²) in [6, 6.07) is 11.3. The van der Waals surface area contributed by atoms with Gasteiger partial charge in [-0.05, 0) is 75.9 Å². The first-order chi connectivity index (χ1) is 11.2. The zero-order valence-electron chi connectivity index (χ0n) is 13.7. The van der Waals surface area contributed by atoms with Gasteiger partial charge in [0.2, 0.25) is 0 Å². The maximum absolute atomic E-state index is 3.51. The molecule has 1 fully saturated rings. The Morgan fingerprint density at radius 3 is 2.39 bits per heavy atom. The Hall–Kier alpha value is -0.680. The molecule has 1 aliphatic rings. The third kappa shape index (κ3) is 5.42. The monoisotopic (exact) mass is 392 g/mol. The molecule has 0 spiro atoms. The molecule has 1 saturated heterocycles. The normalized spacial score (nSPS) is 16.8. The van der Waals surface area contributed by atoms with Crippen molar-refractivity contribution in [2.24, 2.45) is 5.92 Å². The number of halogens is 1. The van der Waals surface area contributed by atoms with Gasteiger partial charge < -0.3 is 5.32 Å². The van der Waals surface area contributed by atoms with Crippen LogP contribution in [0.25, 0.3) is 0 Å². The molecule has 0 amide bonds. The van der Waals surface area contributed by atoms with Crippen molar-refractivity contribution in [3.63, 3.8) is 0 Å². The minimum absolute atomic E-state index is 0.906. The van der Waals surface area contributed by atoms with E-state index in [9.17, 15) is 0 Å². The molecule has 1 N–H and O–H groups in total. The fourth-order valence-electron chi connectivity index (χ4n) is 3.03. The molecule has 0 saturated carbocycles. The Bertz CT molecular complexity index is 600. The molecule has 0 radical (unpaired) electrons. The van der Waals surface area contributed by atoms with Gasteiger partial charge in [0.25, 0.3) is 0 Å². The first kappa shape index (κ1) is 17.2. The summed E-state index contributed by atoms with van der Waals surface area (Å²) in [6.07, 6.45) is 2.70. The van der Waals surface area contributed by atoms with Crippen molar-refractivity contribution >= 4 is 27.3 Å². The second-order valence-electron chi connectivity index (χ2n) is 6.64. The molecule has 124 valence electrons. The quantitative estimate of drug-likeness (QED) is 0.740. The molecule has 1 aliphatic heterocycles. The van der Waals surface area contributed by atoms with E-state index in [2.05, 4.69) is 68.8 Å². The van der Waals surface area contributed by atoms with E-state index in [1.165, 1.54) is 46.4 Å². The molecule has 3 rings (SSSR count). The Morgan fingerprint density at radius 2 is 1.74 bits per heavy atom. The zero-order chi connectivity index (χ0) is 16.1. The smallest absolute Gasteiger partial charge is 0.0701 e. The Kier molecular flexibility index (Phi) is 6.29. The van der Waals surface area contributed by atoms with E-state index in [1.807, 2.05) is 0 Å². The van der Waals surface area contributed by atoms with E-state index < -0.39 is 0 Å². The molecule has 2 nitrogen and oxygen atoms in total. The van der Waals surface area contributed by atoms with E-state index in [-0.39, 0.29) is 0 Å². The van der Waals surface area contributed by atoms with Crippen LogP contribution in [0.1, 0.15) is 36.5 Å². The number of nitrogens with zero attached hydrogens (tertiary/aromatic N) is 1. The Labute approximate surface area is 152 Å². The maximum Gasteiger partial charge on any atom is 0.0701 e. The summed E-state index contributed by atoms with van der Waals surface area (Å²) in [5.41, 5.74) is 4.14. The van der Waals surface area contributed by atoms with Crippen LogP contribution >= 0.6 is 27.3 Å². The van der Waals surface area contributed by atoms with Crippen LogP contribution < -0.4 is 5.32 Å². The lowest BCUT2D eigenvalue weighted by molar-refractivity contribution is 0.185. The number of piperidine rings is 1. The van der Waals surface area contributed by atoms with Gasteiger partial charge in [0.15, 0.2) is 0 Å². The molecule has 0 bridgehead atoms. The van der Waals surface area contributed by atoms with Crippen LogP contribution in [-0.4, -0.2) is 18.0 Å². The van der Waals surface area contributed by atoms with Crippen molar-refractivity contribution in [3.8, 4) is 0 Å². The minimum Gasteiger partial charge on any atom is -0.309 e. The van der Waals surface area contributed by atoms with Gasteiger partial charge in [-0.2, -0.15) is 0 Å². The summed E-state index contributed by atoms with van der Waals surface area (Å²) >= 11 is 5.25. The van der Waals surface area contributed by atoms with Crippen LogP contribution in [-0.2, 0) is 19.6 Å². The van der Waals surface area contributed by atoms with Crippen molar-refractivity contribution in [1.82, 2.24) is 10.2 Å². The van der Waals surface area contributed by atoms with E-state index in [0.29, 0.717) is 0 Å². The molecule has 1 aromatic heterocycles. The van der Waals surface area contributed by atoms with Gasteiger partial charge in [-0.15, -0.1) is 11.3 Å². The number of hydrogen-bond acceptors (Lipinski definition) is 3. The number of benzene rings is 1. The van der Waals surface area contributed by atoms with Crippen molar-refractivity contribution in [1.29, 1.82) is 0 Å². The topological polar surface area (TPSA) is 15.3 Å². The molecule has 0 unspecified atom stereocenters. The number of hydrogen-bond donors (Lipinski definition) is 1. The van der Waals surface area contributed by atoms with Gasteiger partial charge in [0.1, 0.15) is 0 Å². The molecular formula is C19H25BrN2S. The summed E-state index contributed by atoms with van der Waals surface area (Å²) in [7, 11) is 0. The largest absolute Gasteiger partial charge is 0.309 e. The van der Waals surface area contributed by atoms with Gasteiger partial charge in [0, 0.05) is 19.6 Å². The number of nitrogens with one attached hydrogen (secondary N) is 1. The molecule has 1 aromatic carbocycles. The standard InChI is InChI=1S/C19H25BrN2S/c1-15-6-8-22(9-7-15)13-17-4-2-16(3-5-17)11-21-12-18-10-19(20)23-14-18/h2-5,10,14-15,21H,6-9,11-13H2,1H3. The van der Waals surface area contributed by atoms with Crippen molar-refractivity contribution < 1.29 is 0 Å². The van der Waals surface area contributed by atoms with Crippen molar-refractivity contribution in [2.45, 2.75) is 39.4 Å². The van der Waals surface area contributed by atoms with E-state index in [4.69, 9.17) is 0 Å². The average Bonchev–Trinajstić information content (AvgIpc) is 2.97. The maximum atomic E-state index is 3.51. The highest BCUT2D eigenvalue weighted by atomic mass is 79.9. The molecule has 2 heterocycles. The van der Waals surface area contributed by atoms with Crippen LogP contribution in [0.3, 0.4) is 0 Å². The first-order valence-electron chi connectivity index (χ1n) is 8.43. The second kappa shape index (κ2) is 8.43. The van der Waals surface area contributed by atoms with Crippen LogP contribution in [0.5, 0.6) is 0 Å². The molecule has 0 aliphatic carbocycles. The van der Waals surface area contributed by atoms with Crippen LogP contribution in [0.15, 0.2) is 39.5 Å². The molecule has 23 heavy (non-hydrogen) atoms. The highest BCUT2D eigenvalue weighted by Gasteiger charge is 2.15. The van der Waals surface area contributed by atoms with Gasteiger partial charge in [-0.25, -0.2) is 0 Å². The third-order valence-electron chi connectivity index (χ3n) is 4.59. The van der Waals surface area contributed by atoms with Crippen molar-refractivity contribution in [3.05, 3.63) is 56.2 Å². The number of thiophene rings is 1. The molecule has 2 aromatic rings. The summed E-state index contributed by atoms with van der Waals surface area (Å²) in [4.78, 5) is 2.59. The van der Waals surface area contributed by atoms with Crippen molar-refractivity contribution in [2.75, 3.05) is 13.1 Å². The first-order valence-corrected chi connectivity index (χ1v) is 10.1. The summed E-state index contributed by atoms with van der Waals surface area (Å²) in [5.74, 6) is 0.906. The van der Waals surface area contributed by atoms with Gasteiger partial charge in [-0.3, -0.25) is 4.90 Å². The predicted molar refractivity (Wildman–Crippen MR) is 103 cm³/mol. The summed E-state index contributed by atoms with van der Waals surface area (Å²) in [5, 5.41) is 5.71. The average molecular weight is 393 g/mol. The lowest BCUT2D eigenvalue weighted by Crippen LogP contribution is -2.32. The van der Waals surface area contributed by atoms with Crippen LogP contribution in [0.2, 0.25) is 0 Å². The zero-order valence-corrected chi connectivity index (χ0v) is 16.1. The Morgan fingerprint density at radius 1 is 1.09 bits per heavy atom. The summed E-state index contributed by atoms with van der Waals surface area (Å²) in [6.45, 7) is 7.82. The van der Waals surface area contributed by atoms with Gasteiger partial charge in [-0.1, -0.05) is 31.2 Å². The molecular weight excluding hydrogens is 368 g/mol. The van der Waals surface area contributed by atoms with Crippen LogP contribution in [0, 0.1) is 5.92 Å². The lowest BCUT2D eigenvalue weighted by atomic mass is 9.99. The highest BCUT2D eigenvalue weighted by Crippen LogP contribution is 2.21. The third-order valence-corrected chi connectivity index (χ3v) is 6.14. The Balaban J connectivity index is 1.43. The van der Waals surface area contributed by atoms with Gasteiger partial charge >= 0.3 is 0 Å². The van der Waals surface area contributed by atoms with Gasteiger partial charge in [0.05, 0.1) is 3.79 Å². The number of likely N-dealkylation sites (tertiary alicyclic amines) is 1. The minimum atomic E-state index is 0.906. The molecule has 0 atom stereocenters. The van der Waals surface area contributed by atoms with E-state index >= 15 is 0 Å².